The Bertz CT molecular complexity index is 706. The minimum Gasteiger partial charge on any atom is -0.496 e. The zero-order valence-corrected chi connectivity index (χ0v) is 15.1. The molecule has 2 aromatic carbocycles. The monoisotopic (exact) mass is 346 g/mol. The summed E-state index contributed by atoms with van der Waals surface area (Å²) in [5.74, 6) is 1.45. The van der Waals surface area contributed by atoms with Crippen molar-refractivity contribution >= 4 is 23.5 Å². The predicted molar refractivity (Wildman–Crippen MR) is 98.3 cm³/mol. The summed E-state index contributed by atoms with van der Waals surface area (Å²) in [5.41, 5.74) is 1.65. The molecule has 0 aromatic heterocycles. The molecular weight excluding hydrogens is 324 g/mol. The average Bonchev–Trinajstić information content (AvgIpc) is 2.61. The van der Waals surface area contributed by atoms with E-state index in [1.54, 1.807) is 44.0 Å². The number of nitrogens with zero attached hydrogens (tertiary/aromatic N) is 1. The third-order valence-electron chi connectivity index (χ3n) is 3.56. The van der Waals surface area contributed by atoms with Gasteiger partial charge >= 0.3 is 6.03 Å². The molecule has 0 aliphatic carbocycles. The lowest BCUT2D eigenvalue weighted by molar-refractivity contribution is 0.220. The van der Waals surface area contributed by atoms with E-state index in [0.717, 1.165) is 16.2 Å². The maximum atomic E-state index is 12.4. The Morgan fingerprint density at radius 3 is 2.50 bits per heavy atom. The summed E-state index contributed by atoms with van der Waals surface area (Å²) in [6, 6.07) is 13.1. The fourth-order valence-corrected chi connectivity index (χ4v) is 2.83. The van der Waals surface area contributed by atoms with Crippen LogP contribution in [-0.2, 0) is 6.54 Å². The fraction of sp³-hybridized carbons (Fsp3) is 0.278. The standard InChI is InChI=1S/C18H22N2O3S/c1-20(12-13-9-10-17(24-4)16(11-13)23-3)18(21)19-14-7-5-6-8-15(14)22-2/h5-11H,12H2,1-4H3,(H,19,21). The van der Waals surface area contributed by atoms with Gasteiger partial charge in [0, 0.05) is 18.5 Å². The van der Waals surface area contributed by atoms with Crippen LogP contribution < -0.4 is 14.8 Å². The molecule has 2 amide bonds. The molecule has 24 heavy (non-hydrogen) atoms. The van der Waals surface area contributed by atoms with Gasteiger partial charge in [0.15, 0.2) is 0 Å². The summed E-state index contributed by atoms with van der Waals surface area (Å²) < 4.78 is 10.6. The van der Waals surface area contributed by atoms with E-state index in [1.807, 2.05) is 42.7 Å². The van der Waals surface area contributed by atoms with Gasteiger partial charge in [-0.2, -0.15) is 0 Å². The van der Waals surface area contributed by atoms with Crippen LogP contribution in [0.5, 0.6) is 11.5 Å². The number of thioether (sulfide) groups is 1. The van der Waals surface area contributed by atoms with Crippen molar-refractivity contribution in [2.45, 2.75) is 11.4 Å². The van der Waals surface area contributed by atoms with Crippen molar-refractivity contribution < 1.29 is 14.3 Å². The van der Waals surface area contributed by atoms with Gasteiger partial charge in [-0.3, -0.25) is 0 Å². The quantitative estimate of drug-likeness (QED) is 0.801. The van der Waals surface area contributed by atoms with Crippen LogP contribution in [-0.4, -0.2) is 38.5 Å². The molecule has 0 fully saturated rings. The molecule has 0 saturated carbocycles. The SMILES string of the molecule is COc1ccccc1NC(=O)N(C)Cc1ccc(SC)c(OC)c1. The minimum atomic E-state index is -0.201. The average molecular weight is 346 g/mol. The van der Waals surface area contributed by atoms with Crippen molar-refractivity contribution in [1.82, 2.24) is 4.90 Å². The van der Waals surface area contributed by atoms with Crippen LogP contribution in [0.3, 0.4) is 0 Å². The van der Waals surface area contributed by atoms with E-state index in [4.69, 9.17) is 9.47 Å². The number of anilines is 1. The van der Waals surface area contributed by atoms with Crippen molar-refractivity contribution in [3.05, 3.63) is 48.0 Å². The first-order valence-corrected chi connectivity index (χ1v) is 8.67. The number of hydrogen-bond donors (Lipinski definition) is 1. The second-order valence-corrected chi connectivity index (χ2v) is 6.02. The van der Waals surface area contributed by atoms with Gasteiger partial charge < -0.3 is 19.7 Å². The molecule has 1 N–H and O–H groups in total. The highest BCUT2D eigenvalue weighted by Gasteiger charge is 2.13. The van der Waals surface area contributed by atoms with E-state index >= 15 is 0 Å². The molecule has 2 rings (SSSR count). The second-order valence-electron chi connectivity index (χ2n) is 5.18. The van der Waals surface area contributed by atoms with E-state index in [-0.39, 0.29) is 6.03 Å². The number of urea groups is 1. The molecule has 0 unspecified atom stereocenters. The van der Waals surface area contributed by atoms with E-state index in [0.29, 0.717) is 18.0 Å². The van der Waals surface area contributed by atoms with Gasteiger partial charge in [0.2, 0.25) is 0 Å². The van der Waals surface area contributed by atoms with Gasteiger partial charge in [-0.05, 0) is 36.1 Å². The van der Waals surface area contributed by atoms with Crippen LogP contribution in [0.15, 0.2) is 47.4 Å². The molecule has 0 radical (unpaired) electrons. The molecule has 5 nitrogen and oxygen atoms in total. The van der Waals surface area contributed by atoms with Gasteiger partial charge in [0.05, 0.1) is 19.9 Å². The van der Waals surface area contributed by atoms with Crippen LogP contribution in [0.4, 0.5) is 10.5 Å². The first-order valence-electron chi connectivity index (χ1n) is 7.45. The van der Waals surface area contributed by atoms with E-state index in [1.165, 1.54) is 0 Å². The minimum absolute atomic E-state index is 0.201. The highest BCUT2D eigenvalue weighted by Crippen LogP contribution is 2.29. The van der Waals surface area contributed by atoms with Gasteiger partial charge in [-0.15, -0.1) is 11.8 Å². The number of benzene rings is 2. The molecule has 0 bridgehead atoms. The molecule has 0 aliphatic heterocycles. The molecular formula is C18H22N2O3S. The summed E-state index contributed by atoms with van der Waals surface area (Å²) in [5, 5.41) is 2.86. The summed E-state index contributed by atoms with van der Waals surface area (Å²) in [7, 11) is 4.98. The Balaban J connectivity index is 2.06. The summed E-state index contributed by atoms with van der Waals surface area (Å²) in [6.45, 7) is 0.478. The predicted octanol–water partition coefficient (Wildman–Crippen LogP) is 4.09. The maximum Gasteiger partial charge on any atom is 0.321 e. The zero-order chi connectivity index (χ0) is 17.5. The van der Waals surface area contributed by atoms with E-state index in [2.05, 4.69) is 5.32 Å². The molecule has 0 aliphatic rings. The number of amides is 2. The first kappa shape index (κ1) is 18.0. The third kappa shape index (κ3) is 4.35. The molecule has 6 heteroatoms. The largest absolute Gasteiger partial charge is 0.496 e. The van der Waals surface area contributed by atoms with E-state index < -0.39 is 0 Å². The van der Waals surface area contributed by atoms with Gasteiger partial charge in [0.25, 0.3) is 0 Å². The number of carbonyl (C=O) groups is 1. The topological polar surface area (TPSA) is 50.8 Å². The van der Waals surface area contributed by atoms with Gasteiger partial charge in [-0.25, -0.2) is 4.79 Å². The third-order valence-corrected chi connectivity index (χ3v) is 4.34. The van der Waals surface area contributed by atoms with Crippen LogP contribution in [0, 0.1) is 0 Å². The van der Waals surface area contributed by atoms with Crippen molar-refractivity contribution in [3.63, 3.8) is 0 Å². The number of rotatable bonds is 6. The number of carbonyl (C=O) groups excluding carboxylic acids is 1. The van der Waals surface area contributed by atoms with Gasteiger partial charge in [-0.1, -0.05) is 18.2 Å². The summed E-state index contributed by atoms with van der Waals surface area (Å²) in [6.07, 6.45) is 2.00. The summed E-state index contributed by atoms with van der Waals surface area (Å²) >= 11 is 1.63. The number of hydrogen-bond acceptors (Lipinski definition) is 4. The lowest BCUT2D eigenvalue weighted by Gasteiger charge is -2.19. The summed E-state index contributed by atoms with van der Waals surface area (Å²) in [4.78, 5) is 15.1. The molecule has 128 valence electrons. The van der Waals surface area contributed by atoms with E-state index in [9.17, 15) is 4.79 Å². The number of nitrogens with one attached hydrogen (secondary N) is 1. The second kappa shape index (κ2) is 8.49. The van der Waals surface area contributed by atoms with Crippen molar-refractivity contribution in [2.24, 2.45) is 0 Å². The highest BCUT2D eigenvalue weighted by atomic mass is 32.2. The smallest absolute Gasteiger partial charge is 0.321 e. The Hall–Kier alpha value is -2.34. The van der Waals surface area contributed by atoms with Crippen LogP contribution in [0.25, 0.3) is 0 Å². The molecule has 0 saturated heterocycles. The van der Waals surface area contributed by atoms with Crippen LogP contribution >= 0.6 is 11.8 Å². The van der Waals surface area contributed by atoms with Gasteiger partial charge in [0.1, 0.15) is 11.5 Å². The fourth-order valence-electron chi connectivity index (χ4n) is 2.28. The molecule has 2 aromatic rings. The maximum absolute atomic E-state index is 12.4. The lowest BCUT2D eigenvalue weighted by Crippen LogP contribution is -2.31. The first-order chi connectivity index (χ1) is 11.6. The van der Waals surface area contributed by atoms with Crippen LogP contribution in [0.2, 0.25) is 0 Å². The van der Waals surface area contributed by atoms with Crippen molar-refractivity contribution in [1.29, 1.82) is 0 Å². The lowest BCUT2D eigenvalue weighted by atomic mass is 10.2. The highest BCUT2D eigenvalue weighted by molar-refractivity contribution is 7.98. The Morgan fingerprint density at radius 2 is 1.83 bits per heavy atom. The zero-order valence-electron chi connectivity index (χ0n) is 14.3. The number of ether oxygens (including phenoxy) is 2. The molecule has 0 atom stereocenters. The normalized spacial score (nSPS) is 10.2. The Kier molecular flexibility index (Phi) is 6.37. The Labute approximate surface area is 146 Å². The number of methoxy groups -OCH3 is 2. The van der Waals surface area contributed by atoms with Crippen LogP contribution in [0.1, 0.15) is 5.56 Å². The molecule has 0 spiro atoms. The van der Waals surface area contributed by atoms with Crippen molar-refractivity contribution in [2.75, 3.05) is 32.8 Å². The molecule has 0 heterocycles. The number of para-hydroxylation sites is 2. The Morgan fingerprint density at radius 1 is 1.12 bits per heavy atom. The van der Waals surface area contributed by atoms with Crippen molar-refractivity contribution in [3.8, 4) is 11.5 Å².